The molecule has 1 unspecified atom stereocenters. The molecular weight excluding hydrogens is 228 g/mol. The second-order valence-electron chi connectivity index (χ2n) is 3.56. The number of halogens is 2. The van der Waals surface area contributed by atoms with Crippen LogP contribution in [0.3, 0.4) is 0 Å². The Labute approximate surface area is 99.6 Å². The van der Waals surface area contributed by atoms with Crippen molar-refractivity contribution in [2.75, 3.05) is 18.6 Å². The molecule has 0 fully saturated rings. The number of hydrogen-bond donors (Lipinski definition) is 1. The van der Waals surface area contributed by atoms with E-state index in [-0.39, 0.29) is 17.7 Å². The Kier molecular flexibility index (Phi) is 5.77. The maximum Gasteiger partial charge on any atom is 0.128 e. The van der Waals surface area contributed by atoms with Crippen LogP contribution < -0.4 is 5.32 Å². The molecule has 0 radical (unpaired) electrons. The Balaban J connectivity index is 2.85. The molecule has 1 aromatic carbocycles. The molecule has 1 rings (SSSR count). The molecule has 0 aliphatic carbocycles. The summed E-state index contributed by atoms with van der Waals surface area (Å²) in [4.78, 5) is 0. The summed E-state index contributed by atoms with van der Waals surface area (Å²) in [6.07, 6.45) is 2.81. The highest BCUT2D eigenvalue weighted by molar-refractivity contribution is 7.98. The number of rotatable bonds is 6. The molecule has 90 valence electrons. The molecule has 16 heavy (non-hydrogen) atoms. The zero-order valence-electron chi connectivity index (χ0n) is 9.59. The summed E-state index contributed by atoms with van der Waals surface area (Å²) in [5.41, 5.74) is 0.427. The molecule has 0 heterocycles. The van der Waals surface area contributed by atoms with Crippen molar-refractivity contribution in [3.05, 3.63) is 35.4 Å². The van der Waals surface area contributed by atoms with E-state index in [4.69, 9.17) is 0 Å². The van der Waals surface area contributed by atoms with Gasteiger partial charge in [-0.05, 0) is 43.2 Å². The summed E-state index contributed by atoms with van der Waals surface area (Å²) in [5.74, 6) is 0.199. The normalized spacial score (nSPS) is 12.8. The van der Waals surface area contributed by atoms with E-state index in [0.717, 1.165) is 24.8 Å². The van der Waals surface area contributed by atoms with Gasteiger partial charge in [-0.3, -0.25) is 0 Å². The lowest BCUT2D eigenvalue weighted by molar-refractivity contribution is 0.496. The minimum atomic E-state index is -0.386. The van der Waals surface area contributed by atoms with Crippen molar-refractivity contribution in [1.29, 1.82) is 0 Å². The van der Waals surface area contributed by atoms with E-state index >= 15 is 0 Å². The van der Waals surface area contributed by atoms with Gasteiger partial charge in [-0.1, -0.05) is 6.92 Å². The van der Waals surface area contributed by atoms with Gasteiger partial charge < -0.3 is 5.32 Å². The Bertz CT molecular complexity index is 331. The maximum atomic E-state index is 13.6. The fraction of sp³-hybridized carbons (Fsp3) is 0.500. The van der Waals surface area contributed by atoms with Gasteiger partial charge in [0.25, 0.3) is 0 Å². The molecule has 1 N–H and O–H groups in total. The van der Waals surface area contributed by atoms with Crippen LogP contribution in [0.5, 0.6) is 0 Å². The molecule has 0 bridgehead atoms. The average Bonchev–Trinajstić information content (AvgIpc) is 2.28. The Hall–Kier alpha value is -0.610. The monoisotopic (exact) mass is 245 g/mol. The van der Waals surface area contributed by atoms with E-state index < -0.39 is 0 Å². The van der Waals surface area contributed by atoms with E-state index in [1.165, 1.54) is 12.1 Å². The number of hydrogen-bond acceptors (Lipinski definition) is 2. The first-order valence-electron chi connectivity index (χ1n) is 5.36. The van der Waals surface area contributed by atoms with E-state index in [9.17, 15) is 8.78 Å². The quantitative estimate of drug-likeness (QED) is 0.824. The zero-order valence-corrected chi connectivity index (χ0v) is 10.4. The highest BCUT2D eigenvalue weighted by Crippen LogP contribution is 2.22. The van der Waals surface area contributed by atoms with Gasteiger partial charge in [-0.15, -0.1) is 0 Å². The van der Waals surface area contributed by atoms with Crippen LogP contribution in [0.1, 0.15) is 24.9 Å². The Morgan fingerprint density at radius 1 is 1.38 bits per heavy atom. The summed E-state index contributed by atoms with van der Waals surface area (Å²) in [7, 11) is 0. The fourth-order valence-corrected chi connectivity index (χ4v) is 2.10. The molecular formula is C12H17F2NS. The van der Waals surface area contributed by atoms with Gasteiger partial charge in [-0.2, -0.15) is 11.8 Å². The molecule has 0 spiro atoms. The molecule has 0 aliphatic heterocycles. The van der Waals surface area contributed by atoms with E-state index in [1.54, 1.807) is 11.8 Å². The third-order valence-electron chi connectivity index (χ3n) is 2.39. The third kappa shape index (κ3) is 3.76. The lowest BCUT2D eigenvalue weighted by atomic mass is 10.0. The molecule has 1 nitrogen and oxygen atoms in total. The van der Waals surface area contributed by atoms with Gasteiger partial charge in [-0.25, -0.2) is 8.78 Å². The first-order chi connectivity index (χ1) is 7.69. The standard InChI is InChI=1S/C12H17F2NS/c1-3-15-12(6-7-16-2)10-8-9(13)4-5-11(10)14/h4-5,8,12,15H,3,6-7H2,1-2H3. The van der Waals surface area contributed by atoms with E-state index in [1.807, 2.05) is 13.2 Å². The van der Waals surface area contributed by atoms with Crippen LogP contribution >= 0.6 is 11.8 Å². The molecule has 1 aromatic rings. The highest BCUT2D eigenvalue weighted by atomic mass is 32.2. The van der Waals surface area contributed by atoms with Crippen molar-refractivity contribution in [3.8, 4) is 0 Å². The summed E-state index contributed by atoms with van der Waals surface area (Å²) < 4.78 is 26.6. The van der Waals surface area contributed by atoms with Crippen LogP contribution in [0.15, 0.2) is 18.2 Å². The first-order valence-corrected chi connectivity index (χ1v) is 6.75. The average molecular weight is 245 g/mol. The van der Waals surface area contributed by atoms with Gasteiger partial charge in [0.2, 0.25) is 0 Å². The van der Waals surface area contributed by atoms with Gasteiger partial charge in [0.05, 0.1) is 0 Å². The van der Waals surface area contributed by atoms with Gasteiger partial charge >= 0.3 is 0 Å². The molecule has 0 aliphatic rings. The summed E-state index contributed by atoms with van der Waals surface area (Å²) in [6, 6.07) is 3.51. The van der Waals surface area contributed by atoms with Crippen LogP contribution in [0.25, 0.3) is 0 Å². The molecule has 0 aromatic heterocycles. The first kappa shape index (κ1) is 13.5. The predicted molar refractivity (Wildman–Crippen MR) is 65.8 cm³/mol. The maximum absolute atomic E-state index is 13.6. The van der Waals surface area contributed by atoms with Gasteiger partial charge in [0, 0.05) is 11.6 Å². The molecule has 0 amide bonds. The molecule has 1 atom stereocenters. The zero-order chi connectivity index (χ0) is 12.0. The predicted octanol–water partition coefficient (Wildman–Crippen LogP) is 3.37. The van der Waals surface area contributed by atoms with Crippen molar-refractivity contribution in [2.24, 2.45) is 0 Å². The number of benzene rings is 1. The number of nitrogens with one attached hydrogen (secondary N) is 1. The van der Waals surface area contributed by atoms with Crippen molar-refractivity contribution >= 4 is 11.8 Å². The second kappa shape index (κ2) is 6.86. The van der Waals surface area contributed by atoms with E-state index in [0.29, 0.717) is 5.56 Å². The van der Waals surface area contributed by atoms with Crippen molar-refractivity contribution in [3.63, 3.8) is 0 Å². The molecule has 0 saturated carbocycles. The topological polar surface area (TPSA) is 12.0 Å². The number of thioether (sulfide) groups is 1. The largest absolute Gasteiger partial charge is 0.310 e. The van der Waals surface area contributed by atoms with E-state index in [2.05, 4.69) is 5.32 Å². The van der Waals surface area contributed by atoms with Crippen LogP contribution in [0.4, 0.5) is 8.78 Å². The SMILES string of the molecule is CCNC(CCSC)c1cc(F)ccc1F. The van der Waals surface area contributed by atoms with Crippen molar-refractivity contribution in [1.82, 2.24) is 5.32 Å². The van der Waals surface area contributed by atoms with Crippen LogP contribution in [0.2, 0.25) is 0 Å². The van der Waals surface area contributed by atoms with Crippen molar-refractivity contribution < 1.29 is 8.78 Å². The van der Waals surface area contributed by atoms with Gasteiger partial charge in [0.1, 0.15) is 11.6 Å². The summed E-state index contributed by atoms with van der Waals surface area (Å²) in [6.45, 7) is 2.71. The molecule has 0 saturated heterocycles. The fourth-order valence-electron chi connectivity index (χ4n) is 1.63. The van der Waals surface area contributed by atoms with Gasteiger partial charge in [0.15, 0.2) is 0 Å². The highest BCUT2D eigenvalue weighted by Gasteiger charge is 2.15. The van der Waals surface area contributed by atoms with Crippen LogP contribution in [-0.2, 0) is 0 Å². The smallest absolute Gasteiger partial charge is 0.128 e. The molecule has 4 heteroatoms. The van der Waals surface area contributed by atoms with Crippen LogP contribution in [0, 0.1) is 11.6 Å². The minimum Gasteiger partial charge on any atom is -0.310 e. The summed E-state index contributed by atoms with van der Waals surface area (Å²) in [5, 5.41) is 3.18. The minimum absolute atomic E-state index is 0.104. The third-order valence-corrected chi connectivity index (χ3v) is 3.04. The van der Waals surface area contributed by atoms with Crippen molar-refractivity contribution in [2.45, 2.75) is 19.4 Å². The Morgan fingerprint density at radius 2 is 2.12 bits per heavy atom. The summed E-state index contributed by atoms with van der Waals surface area (Å²) >= 11 is 1.70. The Morgan fingerprint density at radius 3 is 2.75 bits per heavy atom. The lowest BCUT2D eigenvalue weighted by Gasteiger charge is -2.18. The second-order valence-corrected chi connectivity index (χ2v) is 4.54. The lowest BCUT2D eigenvalue weighted by Crippen LogP contribution is -2.22. The van der Waals surface area contributed by atoms with Crippen LogP contribution in [-0.4, -0.2) is 18.6 Å².